The van der Waals surface area contributed by atoms with Crippen LogP contribution in [0, 0.1) is 0 Å². The summed E-state index contributed by atoms with van der Waals surface area (Å²) in [6.07, 6.45) is 5.46. The Balaban J connectivity index is 3.41. The van der Waals surface area contributed by atoms with Gasteiger partial charge in [-0.05, 0) is 31.4 Å². The van der Waals surface area contributed by atoms with Gasteiger partial charge >= 0.3 is 5.97 Å². The Hall–Kier alpha value is -0.260. The van der Waals surface area contributed by atoms with E-state index in [9.17, 15) is 4.79 Å². The molecule has 0 spiro atoms. The maximum atomic E-state index is 10.7. The second-order valence-corrected chi connectivity index (χ2v) is 4.34. The molecule has 0 heterocycles. The number of thioether (sulfide) groups is 1. The zero-order valence-electron chi connectivity index (χ0n) is 9.49. The minimum Gasteiger partial charge on any atom is -0.480 e. The molecule has 0 aliphatic rings. The van der Waals surface area contributed by atoms with Crippen molar-refractivity contribution in [3.63, 3.8) is 0 Å². The van der Waals surface area contributed by atoms with Crippen LogP contribution in [0.4, 0.5) is 0 Å². The summed E-state index contributed by atoms with van der Waals surface area (Å²) >= 11 is 1.84. The van der Waals surface area contributed by atoms with Gasteiger partial charge in [0.1, 0.15) is 6.04 Å². The zero-order valence-corrected chi connectivity index (χ0v) is 10.3. The molecule has 0 aromatic carbocycles. The molecule has 0 aromatic heterocycles. The Morgan fingerprint density at radius 3 is 2.73 bits per heavy atom. The number of unbranched alkanes of at least 4 members (excludes halogenated alkanes) is 2. The lowest BCUT2D eigenvalue weighted by molar-refractivity contribution is -0.140. The third-order valence-corrected chi connectivity index (χ3v) is 2.74. The summed E-state index contributed by atoms with van der Waals surface area (Å²) in [7, 11) is 1.51. The number of aliphatic carboxylic acids is 1. The van der Waals surface area contributed by atoms with E-state index in [1.54, 1.807) is 0 Å². The molecular weight excluding hydrogens is 214 g/mol. The summed E-state index contributed by atoms with van der Waals surface area (Å²) in [5, 5.41) is 11.8. The average Bonchev–Trinajstić information content (AvgIpc) is 2.21. The third kappa shape index (κ3) is 8.72. The van der Waals surface area contributed by atoms with Gasteiger partial charge in [0.2, 0.25) is 0 Å². The fraction of sp³-hybridized carbons (Fsp3) is 0.900. The van der Waals surface area contributed by atoms with Gasteiger partial charge in [0.25, 0.3) is 0 Å². The van der Waals surface area contributed by atoms with Gasteiger partial charge in [0.05, 0.1) is 6.61 Å². The highest BCUT2D eigenvalue weighted by molar-refractivity contribution is 7.98. The molecule has 0 fully saturated rings. The minimum absolute atomic E-state index is 0.222. The van der Waals surface area contributed by atoms with E-state index in [-0.39, 0.29) is 6.61 Å². The molecule has 1 unspecified atom stereocenters. The summed E-state index contributed by atoms with van der Waals surface area (Å²) in [5.41, 5.74) is 0. The van der Waals surface area contributed by atoms with Crippen LogP contribution in [0.1, 0.15) is 19.3 Å². The number of methoxy groups -OCH3 is 1. The molecule has 0 aliphatic heterocycles. The quantitative estimate of drug-likeness (QED) is 0.557. The molecule has 0 rings (SSSR count). The van der Waals surface area contributed by atoms with E-state index < -0.39 is 12.0 Å². The lowest BCUT2D eigenvalue weighted by Crippen LogP contribution is -2.40. The number of nitrogens with one attached hydrogen (secondary N) is 1. The van der Waals surface area contributed by atoms with E-state index in [1.165, 1.54) is 19.3 Å². The highest BCUT2D eigenvalue weighted by atomic mass is 32.2. The van der Waals surface area contributed by atoms with E-state index in [1.807, 2.05) is 11.8 Å². The Morgan fingerprint density at radius 1 is 1.47 bits per heavy atom. The van der Waals surface area contributed by atoms with Crippen molar-refractivity contribution in [2.75, 3.05) is 32.3 Å². The SMILES string of the molecule is COCC(NCCCCCSC)C(=O)O. The number of ether oxygens (including phenoxy) is 1. The molecule has 1 atom stereocenters. The van der Waals surface area contributed by atoms with Crippen LogP contribution in [0.3, 0.4) is 0 Å². The van der Waals surface area contributed by atoms with Crippen molar-refractivity contribution in [1.29, 1.82) is 0 Å². The summed E-state index contributed by atoms with van der Waals surface area (Å²) in [5.74, 6) is 0.335. The first-order valence-electron chi connectivity index (χ1n) is 5.16. The maximum absolute atomic E-state index is 10.7. The molecular formula is C10H21NO3S. The van der Waals surface area contributed by atoms with E-state index in [0.29, 0.717) is 0 Å². The van der Waals surface area contributed by atoms with Crippen molar-refractivity contribution in [3.05, 3.63) is 0 Å². The molecule has 0 saturated heterocycles. The zero-order chi connectivity index (χ0) is 11.5. The second-order valence-electron chi connectivity index (χ2n) is 3.35. The van der Waals surface area contributed by atoms with Gasteiger partial charge in [-0.2, -0.15) is 11.8 Å². The number of carboxylic acids is 1. The lowest BCUT2D eigenvalue weighted by Gasteiger charge is -2.12. The average molecular weight is 235 g/mol. The summed E-state index contributed by atoms with van der Waals surface area (Å²) in [4.78, 5) is 10.7. The minimum atomic E-state index is -0.846. The maximum Gasteiger partial charge on any atom is 0.323 e. The van der Waals surface area contributed by atoms with Crippen LogP contribution >= 0.6 is 11.8 Å². The van der Waals surface area contributed by atoms with Crippen molar-refractivity contribution in [2.24, 2.45) is 0 Å². The van der Waals surface area contributed by atoms with Gasteiger partial charge in [-0.25, -0.2) is 0 Å². The van der Waals surface area contributed by atoms with Gasteiger partial charge in [-0.1, -0.05) is 6.42 Å². The fourth-order valence-electron chi connectivity index (χ4n) is 1.21. The first kappa shape index (κ1) is 14.7. The largest absolute Gasteiger partial charge is 0.480 e. The van der Waals surface area contributed by atoms with Crippen LogP contribution in [0.25, 0.3) is 0 Å². The molecule has 2 N–H and O–H groups in total. The number of hydrogen-bond donors (Lipinski definition) is 2. The van der Waals surface area contributed by atoms with Crippen molar-refractivity contribution in [2.45, 2.75) is 25.3 Å². The van der Waals surface area contributed by atoms with Gasteiger partial charge in [-0.3, -0.25) is 4.79 Å². The third-order valence-electron chi connectivity index (χ3n) is 2.05. The van der Waals surface area contributed by atoms with Crippen LogP contribution in [0.2, 0.25) is 0 Å². The summed E-state index contributed by atoms with van der Waals surface area (Å²) in [6, 6.07) is -0.574. The molecule has 5 heteroatoms. The standard InChI is InChI=1S/C10H21NO3S/c1-14-8-9(10(12)13)11-6-4-3-5-7-15-2/h9,11H,3-8H2,1-2H3,(H,12,13). The summed E-state index contributed by atoms with van der Waals surface area (Å²) in [6.45, 7) is 0.967. The van der Waals surface area contributed by atoms with Crippen LogP contribution in [0.5, 0.6) is 0 Å². The molecule has 0 amide bonds. The monoisotopic (exact) mass is 235 g/mol. The van der Waals surface area contributed by atoms with Crippen molar-refractivity contribution in [3.8, 4) is 0 Å². The Labute approximate surface area is 95.8 Å². The van der Waals surface area contributed by atoms with E-state index in [2.05, 4.69) is 11.6 Å². The second kappa shape index (κ2) is 10.3. The molecule has 0 aliphatic carbocycles. The van der Waals surface area contributed by atoms with Crippen LogP contribution < -0.4 is 5.32 Å². The van der Waals surface area contributed by atoms with Gasteiger partial charge in [-0.15, -0.1) is 0 Å². The van der Waals surface area contributed by atoms with Gasteiger partial charge in [0.15, 0.2) is 0 Å². The van der Waals surface area contributed by atoms with E-state index in [0.717, 1.165) is 19.4 Å². The number of carbonyl (C=O) groups is 1. The molecule has 90 valence electrons. The predicted molar refractivity (Wildman–Crippen MR) is 63.5 cm³/mol. The number of rotatable bonds is 10. The smallest absolute Gasteiger partial charge is 0.323 e. The first-order chi connectivity index (χ1) is 7.22. The van der Waals surface area contributed by atoms with E-state index >= 15 is 0 Å². The van der Waals surface area contributed by atoms with E-state index in [4.69, 9.17) is 9.84 Å². The topological polar surface area (TPSA) is 58.6 Å². The number of hydrogen-bond acceptors (Lipinski definition) is 4. The van der Waals surface area contributed by atoms with Gasteiger partial charge in [0, 0.05) is 7.11 Å². The Kier molecular flexibility index (Phi) is 10.1. The molecule has 0 aromatic rings. The molecule has 15 heavy (non-hydrogen) atoms. The molecule has 0 bridgehead atoms. The first-order valence-corrected chi connectivity index (χ1v) is 6.55. The van der Waals surface area contributed by atoms with Crippen LogP contribution in [-0.4, -0.2) is 49.4 Å². The Bertz CT molecular complexity index is 167. The van der Waals surface area contributed by atoms with Crippen molar-refractivity contribution < 1.29 is 14.6 Å². The highest BCUT2D eigenvalue weighted by Crippen LogP contribution is 2.01. The van der Waals surface area contributed by atoms with Crippen LogP contribution in [0.15, 0.2) is 0 Å². The molecule has 0 saturated carbocycles. The van der Waals surface area contributed by atoms with Crippen molar-refractivity contribution in [1.82, 2.24) is 5.32 Å². The highest BCUT2D eigenvalue weighted by Gasteiger charge is 2.15. The Morgan fingerprint density at radius 2 is 2.20 bits per heavy atom. The number of carboxylic acid groups (broad SMARTS) is 1. The predicted octanol–water partition coefficient (Wildman–Crippen LogP) is 1.21. The molecule has 0 radical (unpaired) electrons. The van der Waals surface area contributed by atoms with Gasteiger partial charge < -0.3 is 15.2 Å². The fourth-order valence-corrected chi connectivity index (χ4v) is 1.70. The normalized spacial score (nSPS) is 12.7. The van der Waals surface area contributed by atoms with Crippen molar-refractivity contribution >= 4 is 17.7 Å². The van der Waals surface area contributed by atoms with Crippen LogP contribution in [-0.2, 0) is 9.53 Å². The lowest BCUT2D eigenvalue weighted by atomic mass is 10.2. The summed E-state index contributed by atoms with van der Waals surface area (Å²) < 4.78 is 4.81. The molecule has 4 nitrogen and oxygen atoms in total.